The van der Waals surface area contributed by atoms with Crippen LogP contribution in [0, 0.1) is 0 Å². The van der Waals surface area contributed by atoms with Crippen molar-refractivity contribution >= 4 is 42.3 Å². The molecule has 7 N–H and O–H groups in total. The van der Waals surface area contributed by atoms with E-state index in [1.165, 1.54) is 0 Å². The Balaban J connectivity index is 2.78. The second-order valence-electron chi connectivity index (χ2n) is 6.47. The van der Waals surface area contributed by atoms with Crippen LogP contribution in [0.5, 0.6) is 0 Å². The molecule has 0 spiro atoms. The summed E-state index contributed by atoms with van der Waals surface area (Å²) in [7, 11) is 0. The molecule has 0 aliphatic carbocycles. The normalized spacial score (nSPS) is 18.9. The highest BCUT2D eigenvalue weighted by Crippen LogP contribution is 2.06. The number of aliphatic hydroxyl groups excluding tert-OH is 1. The second kappa shape index (κ2) is 12.2. The van der Waals surface area contributed by atoms with Crippen molar-refractivity contribution in [2.45, 2.75) is 49.9 Å². The quantitative estimate of drug-likeness (QED) is 0.148. The topological polar surface area (TPSA) is 194 Å². The first-order chi connectivity index (χ1) is 13.7. The van der Waals surface area contributed by atoms with Gasteiger partial charge in [0.25, 0.3) is 0 Å². The molecule has 13 heteroatoms. The largest absolute Gasteiger partial charge is 0.481 e. The van der Waals surface area contributed by atoms with Crippen LogP contribution >= 0.6 is 12.6 Å². The molecule has 0 aromatic rings. The number of thiol groups is 1. The van der Waals surface area contributed by atoms with Crippen molar-refractivity contribution in [2.24, 2.45) is 0 Å². The maximum atomic E-state index is 12.5. The molecular weight excluding hydrogens is 408 g/mol. The highest BCUT2D eigenvalue weighted by molar-refractivity contribution is 7.80. The number of aliphatic carboxylic acids is 2. The van der Waals surface area contributed by atoms with Crippen LogP contribution in [0.3, 0.4) is 0 Å². The number of rotatable bonds is 12. The Morgan fingerprint density at radius 1 is 1.00 bits per heavy atom. The van der Waals surface area contributed by atoms with E-state index in [1.807, 2.05) is 5.32 Å². The Labute approximate surface area is 172 Å². The van der Waals surface area contributed by atoms with Gasteiger partial charge in [-0.25, -0.2) is 4.79 Å². The van der Waals surface area contributed by atoms with E-state index in [0.29, 0.717) is 13.0 Å². The minimum Gasteiger partial charge on any atom is -0.481 e. The fraction of sp³-hybridized carbons (Fsp3) is 0.688. The van der Waals surface area contributed by atoms with Crippen LogP contribution in [0.25, 0.3) is 0 Å². The third-order valence-electron chi connectivity index (χ3n) is 4.27. The second-order valence-corrected chi connectivity index (χ2v) is 6.83. The summed E-state index contributed by atoms with van der Waals surface area (Å²) in [6, 6.07) is -4.50. The first-order valence-corrected chi connectivity index (χ1v) is 9.63. The number of hydrogen-bond donors (Lipinski definition) is 8. The number of amides is 3. The summed E-state index contributed by atoms with van der Waals surface area (Å²) in [5, 5.41) is 36.6. The van der Waals surface area contributed by atoms with Crippen LogP contribution in [0.4, 0.5) is 0 Å². The summed E-state index contributed by atoms with van der Waals surface area (Å²) >= 11 is 4.03. The molecule has 1 rings (SSSR count). The minimum atomic E-state index is -1.61. The van der Waals surface area contributed by atoms with E-state index < -0.39 is 66.9 Å². The van der Waals surface area contributed by atoms with Crippen molar-refractivity contribution in [1.29, 1.82) is 0 Å². The lowest BCUT2D eigenvalue weighted by Gasteiger charge is -2.24. The van der Waals surface area contributed by atoms with Crippen LogP contribution in [0.15, 0.2) is 0 Å². The Morgan fingerprint density at radius 2 is 1.62 bits per heavy atom. The average molecular weight is 434 g/mol. The zero-order chi connectivity index (χ0) is 22.0. The maximum Gasteiger partial charge on any atom is 0.328 e. The number of carbonyl (C=O) groups is 5. The molecule has 12 nitrogen and oxygen atoms in total. The van der Waals surface area contributed by atoms with E-state index in [9.17, 15) is 24.0 Å². The Bertz CT molecular complexity index is 626. The monoisotopic (exact) mass is 434 g/mol. The molecule has 164 valence electrons. The average Bonchev–Trinajstić information content (AvgIpc) is 3.21. The number of hydrogen-bond acceptors (Lipinski definition) is 8. The van der Waals surface area contributed by atoms with E-state index in [0.717, 1.165) is 6.42 Å². The van der Waals surface area contributed by atoms with Crippen LogP contribution in [0.1, 0.15) is 25.7 Å². The standard InChI is InChI=1S/C16H26N4O8S/c21-6-10(16(27)28)19-14(25)9(3-4-12(22)23)18-15(26)11(7-29)20-13(24)8-2-1-5-17-8/h8-11,17,21,29H,1-7H2,(H,18,26)(H,19,25)(H,20,24)(H,22,23)(H,27,28). The van der Waals surface area contributed by atoms with Crippen LogP contribution in [-0.2, 0) is 24.0 Å². The van der Waals surface area contributed by atoms with Gasteiger partial charge in [0.15, 0.2) is 0 Å². The lowest BCUT2D eigenvalue weighted by Crippen LogP contribution is -2.58. The highest BCUT2D eigenvalue weighted by atomic mass is 32.1. The SMILES string of the molecule is O=C(O)CCC(NC(=O)C(CS)NC(=O)C1CCCN1)C(=O)NC(CO)C(=O)O. The van der Waals surface area contributed by atoms with Crippen molar-refractivity contribution in [3.8, 4) is 0 Å². The molecule has 0 radical (unpaired) electrons. The van der Waals surface area contributed by atoms with Crippen molar-refractivity contribution < 1.29 is 39.3 Å². The maximum absolute atomic E-state index is 12.5. The van der Waals surface area contributed by atoms with Gasteiger partial charge in [-0.2, -0.15) is 12.6 Å². The van der Waals surface area contributed by atoms with Gasteiger partial charge < -0.3 is 36.6 Å². The zero-order valence-corrected chi connectivity index (χ0v) is 16.5. The third-order valence-corrected chi connectivity index (χ3v) is 4.63. The van der Waals surface area contributed by atoms with Crippen molar-refractivity contribution in [1.82, 2.24) is 21.3 Å². The van der Waals surface area contributed by atoms with E-state index in [-0.39, 0.29) is 12.2 Å². The zero-order valence-electron chi connectivity index (χ0n) is 15.6. The lowest BCUT2D eigenvalue weighted by molar-refractivity contribution is -0.144. The molecular formula is C16H26N4O8S. The molecule has 0 saturated carbocycles. The molecule has 1 fully saturated rings. The first kappa shape index (κ1) is 24.7. The number of nitrogens with one attached hydrogen (secondary N) is 4. The summed E-state index contributed by atoms with van der Waals surface area (Å²) in [6.07, 6.45) is 0.651. The van der Waals surface area contributed by atoms with Gasteiger partial charge in [-0.1, -0.05) is 0 Å². The first-order valence-electron chi connectivity index (χ1n) is 9.00. The number of aliphatic hydroxyl groups is 1. The van der Waals surface area contributed by atoms with Gasteiger partial charge in [0.2, 0.25) is 17.7 Å². The lowest BCUT2D eigenvalue weighted by atomic mass is 10.1. The molecule has 0 bridgehead atoms. The Hall–Kier alpha value is -2.38. The molecule has 3 amide bonds. The summed E-state index contributed by atoms with van der Waals surface area (Å²) < 4.78 is 0. The van der Waals surface area contributed by atoms with E-state index in [2.05, 4.69) is 28.6 Å². The van der Waals surface area contributed by atoms with Gasteiger partial charge in [-0.05, 0) is 25.8 Å². The Morgan fingerprint density at radius 3 is 2.10 bits per heavy atom. The number of carboxylic acids is 2. The molecule has 1 heterocycles. The summed E-state index contributed by atoms with van der Waals surface area (Å²) in [5.41, 5.74) is 0. The van der Waals surface area contributed by atoms with E-state index in [4.69, 9.17) is 15.3 Å². The van der Waals surface area contributed by atoms with Gasteiger partial charge in [0.05, 0.1) is 12.6 Å². The molecule has 4 unspecified atom stereocenters. The van der Waals surface area contributed by atoms with Crippen molar-refractivity contribution in [3.05, 3.63) is 0 Å². The minimum absolute atomic E-state index is 0.0774. The van der Waals surface area contributed by atoms with Gasteiger partial charge in [0.1, 0.15) is 18.1 Å². The predicted molar refractivity (Wildman–Crippen MR) is 102 cm³/mol. The van der Waals surface area contributed by atoms with Gasteiger partial charge in [0, 0.05) is 12.2 Å². The molecule has 1 saturated heterocycles. The fourth-order valence-electron chi connectivity index (χ4n) is 2.64. The number of carbonyl (C=O) groups excluding carboxylic acids is 3. The summed E-state index contributed by atoms with van der Waals surface area (Å²) in [5.74, 6) is -4.93. The van der Waals surface area contributed by atoms with Gasteiger partial charge in [-0.3, -0.25) is 19.2 Å². The van der Waals surface area contributed by atoms with E-state index in [1.54, 1.807) is 0 Å². The molecule has 4 atom stereocenters. The molecule has 1 aliphatic heterocycles. The van der Waals surface area contributed by atoms with Crippen LogP contribution in [-0.4, -0.2) is 88.1 Å². The molecule has 1 aliphatic rings. The van der Waals surface area contributed by atoms with Gasteiger partial charge >= 0.3 is 11.9 Å². The molecule has 0 aromatic carbocycles. The van der Waals surface area contributed by atoms with E-state index >= 15 is 0 Å². The van der Waals surface area contributed by atoms with Gasteiger partial charge in [-0.15, -0.1) is 0 Å². The van der Waals surface area contributed by atoms with Crippen molar-refractivity contribution in [3.63, 3.8) is 0 Å². The molecule has 0 aromatic heterocycles. The third kappa shape index (κ3) is 8.25. The fourth-order valence-corrected chi connectivity index (χ4v) is 2.90. The summed E-state index contributed by atoms with van der Waals surface area (Å²) in [6.45, 7) is -0.201. The Kier molecular flexibility index (Phi) is 10.4. The summed E-state index contributed by atoms with van der Waals surface area (Å²) in [4.78, 5) is 58.7. The van der Waals surface area contributed by atoms with Crippen molar-refractivity contribution in [2.75, 3.05) is 18.9 Å². The predicted octanol–water partition coefficient (Wildman–Crippen LogP) is -2.94. The van der Waals surface area contributed by atoms with Crippen LogP contribution in [0.2, 0.25) is 0 Å². The molecule has 29 heavy (non-hydrogen) atoms. The highest BCUT2D eigenvalue weighted by Gasteiger charge is 2.31. The van der Waals surface area contributed by atoms with Crippen LogP contribution < -0.4 is 21.3 Å². The smallest absolute Gasteiger partial charge is 0.328 e. The number of carboxylic acid groups (broad SMARTS) is 2.